The van der Waals surface area contributed by atoms with Crippen LogP contribution in [0.15, 0.2) is 22.7 Å². The molecule has 0 saturated carbocycles. The fourth-order valence-corrected chi connectivity index (χ4v) is 1.55. The Kier molecular flexibility index (Phi) is 4.01. The van der Waals surface area contributed by atoms with Crippen LogP contribution in [-0.2, 0) is 6.61 Å². The smallest absolute Gasteiger partial charge is 0.243 e. The molecule has 6 heteroatoms. The standard InChI is InChI=1S/C13H17N3O3/c1-8-4-5-10(11(6-8)17-3)18-7-12-15-13(9(2)14)19-16-12/h4-6,9H,7,14H2,1-3H3. The maximum Gasteiger partial charge on any atom is 0.243 e. The third-order valence-corrected chi connectivity index (χ3v) is 2.55. The molecule has 0 fully saturated rings. The molecule has 2 aromatic rings. The molecule has 0 bridgehead atoms. The van der Waals surface area contributed by atoms with Crippen molar-refractivity contribution >= 4 is 0 Å². The highest BCUT2D eigenvalue weighted by atomic mass is 16.5. The van der Waals surface area contributed by atoms with Crippen LogP contribution in [0.4, 0.5) is 0 Å². The van der Waals surface area contributed by atoms with Gasteiger partial charge in [0, 0.05) is 0 Å². The molecule has 1 atom stereocenters. The zero-order valence-electron chi connectivity index (χ0n) is 11.2. The number of rotatable bonds is 5. The molecule has 2 rings (SSSR count). The Labute approximate surface area is 111 Å². The molecule has 1 heterocycles. The fraction of sp³-hybridized carbons (Fsp3) is 0.385. The maximum atomic E-state index is 5.64. The molecule has 0 radical (unpaired) electrons. The van der Waals surface area contributed by atoms with Crippen LogP contribution in [0.2, 0.25) is 0 Å². The quantitative estimate of drug-likeness (QED) is 0.888. The van der Waals surface area contributed by atoms with Crippen LogP contribution in [0.25, 0.3) is 0 Å². The van der Waals surface area contributed by atoms with Crippen LogP contribution in [0, 0.1) is 6.92 Å². The van der Waals surface area contributed by atoms with Gasteiger partial charge in [0.05, 0.1) is 13.2 Å². The van der Waals surface area contributed by atoms with Gasteiger partial charge in [-0.2, -0.15) is 4.98 Å². The zero-order chi connectivity index (χ0) is 13.8. The molecule has 6 nitrogen and oxygen atoms in total. The Hall–Kier alpha value is -2.08. The van der Waals surface area contributed by atoms with Crippen molar-refractivity contribution in [3.8, 4) is 11.5 Å². The first-order valence-corrected chi connectivity index (χ1v) is 5.95. The van der Waals surface area contributed by atoms with Crippen molar-refractivity contribution < 1.29 is 14.0 Å². The lowest BCUT2D eigenvalue weighted by atomic mass is 10.2. The molecule has 0 saturated heterocycles. The van der Waals surface area contributed by atoms with E-state index in [0.29, 0.717) is 23.2 Å². The van der Waals surface area contributed by atoms with E-state index in [1.54, 1.807) is 14.0 Å². The predicted molar refractivity (Wildman–Crippen MR) is 69.0 cm³/mol. The third kappa shape index (κ3) is 3.23. The number of benzene rings is 1. The summed E-state index contributed by atoms with van der Waals surface area (Å²) in [7, 11) is 1.60. The van der Waals surface area contributed by atoms with Crippen LogP contribution in [0.5, 0.6) is 11.5 Å². The third-order valence-electron chi connectivity index (χ3n) is 2.55. The van der Waals surface area contributed by atoms with E-state index in [1.807, 2.05) is 25.1 Å². The predicted octanol–water partition coefficient (Wildman–Crippen LogP) is 1.99. The van der Waals surface area contributed by atoms with Crippen molar-refractivity contribution in [3.05, 3.63) is 35.5 Å². The monoisotopic (exact) mass is 263 g/mol. The largest absolute Gasteiger partial charge is 0.493 e. The minimum Gasteiger partial charge on any atom is -0.493 e. The van der Waals surface area contributed by atoms with Crippen LogP contribution in [-0.4, -0.2) is 17.3 Å². The number of aromatic nitrogens is 2. The lowest BCUT2D eigenvalue weighted by Crippen LogP contribution is -2.05. The number of nitrogens with zero attached hydrogens (tertiary/aromatic N) is 2. The van der Waals surface area contributed by atoms with E-state index in [-0.39, 0.29) is 12.6 Å². The van der Waals surface area contributed by atoms with Crippen molar-refractivity contribution in [1.82, 2.24) is 10.1 Å². The summed E-state index contributed by atoms with van der Waals surface area (Å²) in [6, 6.07) is 5.41. The number of methoxy groups -OCH3 is 1. The molecule has 19 heavy (non-hydrogen) atoms. The van der Waals surface area contributed by atoms with E-state index in [9.17, 15) is 0 Å². The zero-order valence-corrected chi connectivity index (χ0v) is 11.2. The van der Waals surface area contributed by atoms with Crippen LogP contribution in [0.3, 0.4) is 0 Å². The van der Waals surface area contributed by atoms with Crippen LogP contribution in [0.1, 0.15) is 30.2 Å². The average Bonchev–Trinajstić information content (AvgIpc) is 2.86. The fourth-order valence-electron chi connectivity index (χ4n) is 1.55. The number of hydrogen-bond acceptors (Lipinski definition) is 6. The topological polar surface area (TPSA) is 83.4 Å². The Morgan fingerprint density at radius 2 is 2.16 bits per heavy atom. The summed E-state index contributed by atoms with van der Waals surface area (Å²) in [4.78, 5) is 4.13. The van der Waals surface area contributed by atoms with E-state index in [2.05, 4.69) is 10.1 Å². The molecule has 0 aliphatic heterocycles. The van der Waals surface area contributed by atoms with Gasteiger partial charge in [-0.05, 0) is 31.5 Å². The summed E-state index contributed by atoms with van der Waals surface area (Å²) in [6.07, 6.45) is 0. The van der Waals surface area contributed by atoms with Gasteiger partial charge in [0.15, 0.2) is 18.1 Å². The number of hydrogen-bond donors (Lipinski definition) is 1. The van der Waals surface area contributed by atoms with E-state index in [4.69, 9.17) is 19.7 Å². The Morgan fingerprint density at radius 1 is 1.37 bits per heavy atom. The molecule has 2 N–H and O–H groups in total. The number of aryl methyl sites for hydroxylation is 1. The van der Waals surface area contributed by atoms with Gasteiger partial charge < -0.3 is 19.7 Å². The van der Waals surface area contributed by atoms with Gasteiger partial charge >= 0.3 is 0 Å². The van der Waals surface area contributed by atoms with Gasteiger partial charge in [0.1, 0.15) is 0 Å². The summed E-state index contributed by atoms with van der Waals surface area (Å²) in [6.45, 7) is 3.97. The second-order valence-electron chi connectivity index (χ2n) is 4.28. The van der Waals surface area contributed by atoms with Gasteiger partial charge in [-0.1, -0.05) is 11.2 Å². The van der Waals surface area contributed by atoms with Crippen molar-refractivity contribution in [1.29, 1.82) is 0 Å². The second-order valence-corrected chi connectivity index (χ2v) is 4.28. The van der Waals surface area contributed by atoms with Crippen molar-refractivity contribution in [2.45, 2.75) is 26.5 Å². The highest BCUT2D eigenvalue weighted by Crippen LogP contribution is 2.28. The van der Waals surface area contributed by atoms with E-state index in [1.165, 1.54) is 0 Å². The van der Waals surface area contributed by atoms with Crippen molar-refractivity contribution in [2.24, 2.45) is 5.73 Å². The summed E-state index contributed by atoms with van der Waals surface area (Å²) in [5.41, 5.74) is 6.74. The molecular formula is C13H17N3O3. The van der Waals surface area contributed by atoms with Gasteiger partial charge in [-0.15, -0.1) is 0 Å². The lowest BCUT2D eigenvalue weighted by Gasteiger charge is -2.09. The minimum atomic E-state index is -0.282. The molecule has 1 aromatic carbocycles. The molecule has 102 valence electrons. The highest BCUT2D eigenvalue weighted by molar-refractivity contribution is 5.42. The van der Waals surface area contributed by atoms with Crippen LogP contribution >= 0.6 is 0 Å². The summed E-state index contributed by atoms with van der Waals surface area (Å²) in [5, 5.41) is 3.79. The van der Waals surface area contributed by atoms with E-state index >= 15 is 0 Å². The van der Waals surface area contributed by atoms with Crippen molar-refractivity contribution in [2.75, 3.05) is 7.11 Å². The number of ether oxygens (including phenoxy) is 2. The van der Waals surface area contributed by atoms with Crippen molar-refractivity contribution in [3.63, 3.8) is 0 Å². The first-order valence-electron chi connectivity index (χ1n) is 5.95. The van der Waals surface area contributed by atoms with Gasteiger partial charge in [0.25, 0.3) is 0 Å². The van der Waals surface area contributed by atoms with Gasteiger partial charge in [0.2, 0.25) is 11.7 Å². The molecule has 1 unspecified atom stereocenters. The van der Waals surface area contributed by atoms with Gasteiger partial charge in [-0.3, -0.25) is 0 Å². The Balaban J connectivity index is 2.05. The summed E-state index contributed by atoms with van der Waals surface area (Å²) < 4.78 is 15.9. The lowest BCUT2D eigenvalue weighted by molar-refractivity contribution is 0.268. The average molecular weight is 263 g/mol. The van der Waals surface area contributed by atoms with E-state index in [0.717, 1.165) is 5.56 Å². The first-order chi connectivity index (χ1) is 9.10. The first kappa shape index (κ1) is 13.4. The van der Waals surface area contributed by atoms with E-state index < -0.39 is 0 Å². The molecule has 0 aliphatic carbocycles. The normalized spacial score (nSPS) is 12.2. The van der Waals surface area contributed by atoms with Crippen LogP contribution < -0.4 is 15.2 Å². The molecule has 0 spiro atoms. The molecule has 1 aromatic heterocycles. The SMILES string of the molecule is COc1cc(C)ccc1OCc1noc(C(C)N)n1. The maximum absolute atomic E-state index is 5.64. The summed E-state index contributed by atoms with van der Waals surface area (Å²) >= 11 is 0. The molecular weight excluding hydrogens is 246 g/mol. The molecule has 0 amide bonds. The second kappa shape index (κ2) is 5.71. The van der Waals surface area contributed by atoms with Gasteiger partial charge in [-0.25, -0.2) is 0 Å². The Bertz CT molecular complexity index is 552. The number of nitrogens with two attached hydrogens (primary N) is 1. The summed E-state index contributed by atoms with van der Waals surface area (Å²) in [5.74, 6) is 2.17. The molecule has 0 aliphatic rings. The highest BCUT2D eigenvalue weighted by Gasteiger charge is 2.11. The minimum absolute atomic E-state index is 0.204. The Morgan fingerprint density at radius 3 is 2.79 bits per heavy atom.